The number of ether oxygens (including phenoxy) is 2. The second-order valence-electron chi connectivity index (χ2n) is 6.43. The van der Waals surface area contributed by atoms with Crippen LogP contribution < -0.4 is 10.2 Å². The normalized spacial score (nSPS) is 19.5. The number of anilines is 1. The molecule has 2 aromatic rings. The summed E-state index contributed by atoms with van der Waals surface area (Å²) in [4.78, 5) is 34.0. The number of amides is 1. The molecular formula is C18H23ClN4O4S. The van der Waals surface area contributed by atoms with Crippen molar-refractivity contribution in [1.82, 2.24) is 15.3 Å². The van der Waals surface area contributed by atoms with Crippen molar-refractivity contribution < 1.29 is 19.1 Å². The molecule has 1 fully saturated rings. The molecule has 28 heavy (non-hydrogen) atoms. The quantitative estimate of drug-likeness (QED) is 0.689. The second kappa shape index (κ2) is 8.93. The Morgan fingerprint density at radius 1 is 1.43 bits per heavy atom. The number of nitrogens with one attached hydrogen (secondary N) is 2. The lowest BCUT2D eigenvalue weighted by Crippen LogP contribution is -2.55. The van der Waals surface area contributed by atoms with Crippen LogP contribution in [0, 0.1) is 0 Å². The van der Waals surface area contributed by atoms with Gasteiger partial charge in [0, 0.05) is 20.2 Å². The Morgan fingerprint density at radius 3 is 2.86 bits per heavy atom. The van der Waals surface area contributed by atoms with Gasteiger partial charge in [0.2, 0.25) is 0 Å². The summed E-state index contributed by atoms with van der Waals surface area (Å²) in [6.45, 7) is 3.26. The van der Waals surface area contributed by atoms with Gasteiger partial charge in [-0.1, -0.05) is 18.5 Å². The molecule has 0 spiro atoms. The summed E-state index contributed by atoms with van der Waals surface area (Å²) >= 11 is 7.41. The Morgan fingerprint density at radius 2 is 2.21 bits per heavy atom. The van der Waals surface area contributed by atoms with Gasteiger partial charge in [-0.3, -0.25) is 4.79 Å². The largest absolute Gasteiger partial charge is 0.465 e. The zero-order chi connectivity index (χ0) is 20.3. The van der Waals surface area contributed by atoms with Crippen LogP contribution in [-0.4, -0.2) is 61.3 Å². The molecule has 1 aliphatic heterocycles. The lowest BCUT2D eigenvalue weighted by Gasteiger charge is -2.38. The van der Waals surface area contributed by atoms with Gasteiger partial charge >= 0.3 is 5.97 Å². The number of imidazole rings is 1. The molecule has 152 valence electrons. The first-order valence-corrected chi connectivity index (χ1v) is 10.2. The van der Waals surface area contributed by atoms with Crippen LogP contribution in [0.5, 0.6) is 0 Å². The zero-order valence-corrected chi connectivity index (χ0v) is 17.5. The number of nitrogens with zero attached hydrogens (tertiary/aromatic N) is 2. The first kappa shape index (κ1) is 20.6. The predicted molar refractivity (Wildman–Crippen MR) is 108 cm³/mol. The minimum atomic E-state index is -0.342. The smallest absolute Gasteiger partial charge is 0.348 e. The Hall–Kier alpha value is -2.10. The molecule has 2 N–H and O–H groups in total. The van der Waals surface area contributed by atoms with Crippen LogP contribution in [0.25, 0.3) is 0 Å². The number of hydrogen-bond acceptors (Lipinski definition) is 7. The molecule has 0 bridgehead atoms. The molecule has 3 heterocycles. The Bertz CT molecular complexity index is 853. The van der Waals surface area contributed by atoms with Crippen molar-refractivity contribution in [2.45, 2.75) is 31.9 Å². The monoisotopic (exact) mass is 426 g/mol. The summed E-state index contributed by atoms with van der Waals surface area (Å²) in [6.07, 6.45) is 1.18. The number of carbonyl (C=O) groups excluding carboxylic acids is 2. The van der Waals surface area contributed by atoms with Crippen LogP contribution >= 0.6 is 22.9 Å². The van der Waals surface area contributed by atoms with Gasteiger partial charge in [-0.2, -0.15) is 0 Å². The highest BCUT2D eigenvalue weighted by molar-refractivity contribution is 7.17. The fourth-order valence-electron chi connectivity index (χ4n) is 3.20. The van der Waals surface area contributed by atoms with Crippen molar-refractivity contribution >= 4 is 39.8 Å². The number of hydrogen-bond donors (Lipinski definition) is 2. The maximum atomic E-state index is 12.5. The van der Waals surface area contributed by atoms with E-state index in [2.05, 4.69) is 20.2 Å². The molecule has 2 aromatic heterocycles. The van der Waals surface area contributed by atoms with Gasteiger partial charge in [0.15, 0.2) is 11.0 Å². The molecule has 1 saturated heterocycles. The molecule has 0 aromatic carbocycles. The van der Waals surface area contributed by atoms with E-state index in [9.17, 15) is 9.59 Å². The number of thiophene rings is 1. The molecule has 0 radical (unpaired) electrons. The average molecular weight is 427 g/mol. The summed E-state index contributed by atoms with van der Waals surface area (Å²) in [6, 6.07) is 3.51. The molecule has 0 aliphatic carbocycles. The molecule has 0 saturated carbocycles. The van der Waals surface area contributed by atoms with Gasteiger partial charge in [0.1, 0.15) is 4.88 Å². The van der Waals surface area contributed by atoms with E-state index in [1.165, 1.54) is 18.4 Å². The summed E-state index contributed by atoms with van der Waals surface area (Å²) in [5.74, 6) is -0.434. The van der Waals surface area contributed by atoms with Crippen molar-refractivity contribution in [2.24, 2.45) is 0 Å². The van der Waals surface area contributed by atoms with Crippen molar-refractivity contribution in [3.63, 3.8) is 0 Å². The Balaban J connectivity index is 1.64. The number of aryl methyl sites for hydroxylation is 1. The molecule has 3 rings (SSSR count). The molecule has 0 unspecified atom stereocenters. The number of H-pyrrole nitrogens is 1. The molecule has 2 atom stereocenters. The highest BCUT2D eigenvalue weighted by atomic mass is 35.5. The molecular weight excluding hydrogens is 404 g/mol. The van der Waals surface area contributed by atoms with E-state index in [1.807, 2.05) is 13.0 Å². The van der Waals surface area contributed by atoms with E-state index in [0.29, 0.717) is 29.4 Å². The topological polar surface area (TPSA) is 96.6 Å². The number of piperidine rings is 1. The maximum Gasteiger partial charge on any atom is 0.348 e. The van der Waals surface area contributed by atoms with Crippen LogP contribution in [0.2, 0.25) is 5.15 Å². The number of halogens is 1. The Labute approximate surface area is 172 Å². The zero-order valence-electron chi connectivity index (χ0n) is 16.0. The standard InChI is InChI=1S/C18H23ClN4O4S/c1-4-10-15(19)22-16(20-10)17(24)21-11-7-8-23(9-12(11)26-2)14-6-5-13(28-14)18(25)27-3/h5-6,11-12H,4,7-9H2,1-3H3,(H,20,22)(H,21,24)/t11-,12+/m0/s1. The van der Waals surface area contributed by atoms with Crippen molar-refractivity contribution in [3.8, 4) is 0 Å². The number of rotatable bonds is 6. The third-order valence-corrected chi connectivity index (χ3v) is 6.20. The number of aromatic nitrogens is 2. The highest BCUT2D eigenvalue weighted by Crippen LogP contribution is 2.29. The lowest BCUT2D eigenvalue weighted by atomic mass is 10.0. The lowest BCUT2D eigenvalue weighted by molar-refractivity contribution is 0.0539. The number of aromatic amines is 1. The molecule has 8 nitrogen and oxygen atoms in total. The van der Waals surface area contributed by atoms with Crippen molar-refractivity contribution in [3.05, 3.63) is 33.7 Å². The highest BCUT2D eigenvalue weighted by Gasteiger charge is 2.32. The average Bonchev–Trinajstić information content (AvgIpc) is 3.34. The van der Waals surface area contributed by atoms with E-state index in [1.54, 1.807) is 13.2 Å². The Kier molecular flexibility index (Phi) is 6.58. The van der Waals surface area contributed by atoms with Crippen molar-refractivity contribution in [1.29, 1.82) is 0 Å². The van der Waals surface area contributed by atoms with Crippen LogP contribution in [-0.2, 0) is 15.9 Å². The summed E-state index contributed by atoms with van der Waals surface area (Å²) < 4.78 is 10.4. The summed E-state index contributed by atoms with van der Waals surface area (Å²) in [5, 5.41) is 4.29. The predicted octanol–water partition coefficient (Wildman–Crippen LogP) is 2.50. The first-order chi connectivity index (χ1) is 13.5. The molecule has 10 heteroatoms. The minimum absolute atomic E-state index is 0.150. The molecule has 1 amide bonds. The number of methoxy groups -OCH3 is 2. The number of esters is 1. The molecule has 1 aliphatic rings. The minimum Gasteiger partial charge on any atom is -0.465 e. The van der Waals surface area contributed by atoms with E-state index in [0.717, 1.165) is 17.2 Å². The third kappa shape index (κ3) is 4.31. The van der Waals surface area contributed by atoms with Crippen LogP contribution in [0.3, 0.4) is 0 Å². The maximum absolute atomic E-state index is 12.5. The van der Waals surface area contributed by atoms with Crippen molar-refractivity contribution in [2.75, 3.05) is 32.2 Å². The van der Waals surface area contributed by atoms with Crippen LogP contribution in [0.1, 0.15) is 39.3 Å². The van der Waals surface area contributed by atoms with Crippen LogP contribution in [0.4, 0.5) is 5.00 Å². The first-order valence-electron chi connectivity index (χ1n) is 8.97. The van der Waals surface area contributed by atoms with Gasteiger partial charge < -0.3 is 24.7 Å². The summed E-state index contributed by atoms with van der Waals surface area (Å²) in [7, 11) is 2.99. The van der Waals surface area contributed by atoms with Gasteiger partial charge in [-0.05, 0) is 25.0 Å². The SMILES string of the molecule is CCc1[nH]c(C(=O)N[C@H]2CCN(c3ccc(C(=O)OC)s3)C[C@H]2OC)nc1Cl. The third-order valence-electron chi connectivity index (χ3n) is 4.77. The fraction of sp³-hybridized carbons (Fsp3) is 0.500. The van der Waals surface area contributed by atoms with E-state index in [4.69, 9.17) is 21.1 Å². The van der Waals surface area contributed by atoms with Gasteiger partial charge in [0.25, 0.3) is 5.91 Å². The summed E-state index contributed by atoms with van der Waals surface area (Å²) in [5.41, 5.74) is 0.740. The van der Waals surface area contributed by atoms with Gasteiger partial charge in [0.05, 0.1) is 30.0 Å². The fourth-order valence-corrected chi connectivity index (χ4v) is 4.42. The second-order valence-corrected chi connectivity index (χ2v) is 7.85. The van der Waals surface area contributed by atoms with E-state index >= 15 is 0 Å². The van der Waals surface area contributed by atoms with Gasteiger partial charge in [-0.15, -0.1) is 11.3 Å². The van der Waals surface area contributed by atoms with E-state index < -0.39 is 0 Å². The van der Waals surface area contributed by atoms with E-state index in [-0.39, 0.29) is 29.8 Å². The number of carbonyl (C=O) groups is 2. The van der Waals surface area contributed by atoms with Crippen LogP contribution in [0.15, 0.2) is 12.1 Å². The van der Waals surface area contributed by atoms with Gasteiger partial charge in [-0.25, -0.2) is 9.78 Å².